The maximum atomic E-state index is 4.76. The molecular weight excluding hydrogens is 552 g/mol. The van der Waals surface area contributed by atoms with Crippen molar-refractivity contribution in [2.24, 2.45) is 15.0 Å². The number of hydrogen-bond donors (Lipinski definition) is 0. The molecule has 0 aliphatic carbocycles. The monoisotopic (exact) mass is 586 g/mol. The Kier molecular flexibility index (Phi) is 8.74. The molecule has 0 atom stereocenters. The molecule has 0 amide bonds. The van der Waals surface area contributed by atoms with E-state index < -0.39 is 0 Å². The summed E-state index contributed by atoms with van der Waals surface area (Å²) in [6.45, 7) is 10.4. The Morgan fingerprint density at radius 1 is 0.733 bits per heavy atom. The number of fused-ring (bicyclic) bond motifs is 3. The molecule has 3 aromatic carbocycles. The first kappa shape index (κ1) is 29.1. The molecule has 0 bridgehead atoms. The van der Waals surface area contributed by atoms with Gasteiger partial charge in [-0.1, -0.05) is 73.3 Å². The third kappa shape index (κ3) is 5.82. The van der Waals surface area contributed by atoms with Crippen LogP contribution in [0.15, 0.2) is 149 Å². The third-order valence-corrected chi connectivity index (χ3v) is 7.60. The smallest absolute Gasteiger partial charge is 0.162 e. The molecule has 0 fully saturated rings. The Bertz CT molecular complexity index is 2110. The second kappa shape index (κ2) is 13.5. The summed E-state index contributed by atoms with van der Waals surface area (Å²) in [6.07, 6.45) is 21.5. The van der Waals surface area contributed by atoms with Gasteiger partial charge in [-0.25, -0.2) is 4.99 Å². The Morgan fingerprint density at radius 2 is 1.42 bits per heavy atom. The van der Waals surface area contributed by atoms with E-state index in [1.165, 1.54) is 10.8 Å². The van der Waals surface area contributed by atoms with Gasteiger partial charge in [0.05, 0.1) is 16.7 Å². The minimum absolute atomic E-state index is 0.477. The molecule has 6 aromatic rings. The highest BCUT2D eigenvalue weighted by atomic mass is 15.1. The molecule has 3 aromatic heterocycles. The molecular formula is C39H34N6. The van der Waals surface area contributed by atoms with Gasteiger partial charge in [0.25, 0.3) is 0 Å². The summed E-state index contributed by atoms with van der Waals surface area (Å²) in [6, 6.07) is 28.9. The normalized spacial score (nSPS) is 12.4. The van der Waals surface area contributed by atoms with Crippen molar-refractivity contribution in [1.82, 2.24) is 13.7 Å². The fourth-order valence-electron chi connectivity index (χ4n) is 5.64. The zero-order valence-corrected chi connectivity index (χ0v) is 25.2. The summed E-state index contributed by atoms with van der Waals surface area (Å²) in [5.41, 5.74) is 7.41. The molecule has 0 N–H and O–H groups in total. The van der Waals surface area contributed by atoms with Crippen molar-refractivity contribution in [3.8, 4) is 11.4 Å². The molecule has 0 saturated heterocycles. The first-order valence-electron chi connectivity index (χ1n) is 14.8. The van der Waals surface area contributed by atoms with Crippen molar-refractivity contribution in [2.75, 3.05) is 0 Å². The van der Waals surface area contributed by atoms with Gasteiger partial charge in [-0.3, -0.25) is 9.98 Å². The number of rotatable bonds is 11. The lowest BCUT2D eigenvalue weighted by atomic mass is 10.1. The quantitative estimate of drug-likeness (QED) is 0.107. The number of hydrogen-bond acceptors (Lipinski definition) is 3. The van der Waals surface area contributed by atoms with Crippen molar-refractivity contribution >= 4 is 64.6 Å². The van der Waals surface area contributed by atoms with Gasteiger partial charge in [-0.05, 0) is 74.3 Å². The Hall–Kier alpha value is -6.01. The van der Waals surface area contributed by atoms with E-state index in [0.717, 1.165) is 39.4 Å². The number of aliphatic imine (C=N–C) groups is 3. The van der Waals surface area contributed by atoms with E-state index in [9.17, 15) is 0 Å². The van der Waals surface area contributed by atoms with E-state index in [0.29, 0.717) is 12.5 Å². The Morgan fingerprint density at radius 3 is 2.11 bits per heavy atom. The highest BCUT2D eigenvalue weighted by Gasteiger charge is 2.17. The van der Waals surface area contributed by atoms with E-state index in [-0.39, 0.29) is 0 Å². The Labute approximate surface area is 263 Å². The predicted octanol–water partition coefficient (Wildman–Crippen LogP) is 9.93. The van der Waals surface area contributed by atoms with Crippen LogP contribution in [0.4, 0.5) is 11.5 Å². The number of allylic oxidation sites excluding steroid dienone is 5. The summed E-state index contributed by atoms with van der Waals surface area (Å²) in [5, 5.41) is 2.34. The lowest BCUT2D eigenvalue weighted by Gasteiger charge is -2.08. The highest BCUT2D eigenvalue weighted by Crippen LogP contribution is 2.35. The number of para-hydroxylation sites is 2. The fraction of sp³-hybridized carbons (Fsp3) is 0.0513. The van der Waals surface area contributed by atoms with E-state index >= 15 is 0 Å². The molecule has 0 aliphatic rings. The van der Waals surface area contributed by atoms with Crippen LogP contribution in [0.3, 0.4) is 0 Å². The van der Waals surface area contributed by atoms with Crippen molar-refractivity contribution in [2.45, 2.75) is 13.6 Å². The van der Waals surface area contributed by atoms with Gasteiger partial charge in [-0.2, -0.15) is 0 Å². The van der Waals surface area contributed by atoms with Crippen LogP contribution in [0.2, 0.25) is 0 Å². The van der Waals surface area contributed by atoms with Crippen molar-refractivity contribution in [3.05, 3.63) is 146 Å². The number of benzene rings is 3. The first-order valence-corrected chi connectivity index (χ1v) is 14.8. The van der Waals surface area contributed by atoms with Crippen LogP contribution in [-0.4, -0.2) is 32.8 Å². The zero-order chi connectivity index (χ0) is 31.0. The van der Waals surface area contributed by atoms with Crippen LogP contribution in [0.25, 0.3) is 45.3 Å². The summed E-state index contributed by atoms with van der Waals surface area (Å²) < 4.78 is 6.46. The standard InChI is InChI=1S/C39H34N6/c1-4-16-36-32(5-2)33-21-22-37-34(23-27-43(37)30-17-10-8-11-18-30)38(33)45(36)29-41-25-14-6-7-15-26-42-35-24-28-44(39(35)40-3)31-19-12-9-13-20-31/h4-28H,2-3,29H2,1H3/b14-6+,15-7-,16-4-,41-25+,42-26?. The summed E-state index contributed by atoms with van der Waals surface area (Å²) in [7, 11) is 0. The maximum absolute atomic E-state index is 4.76. The number of nitrogens with zero attached hydrogens (tertiary/aromatic N) is 6. The average molecular weight is 587 g/mol. The van der Waals surface area contributed by atoms with Crippen molar-refractivity contribution < 1.29 is 0 Å². The van der Waals surface area contributed by atoms with Gasteiger partial charge >= 0.3 is 0 Å². The summed E-state index contributed by atoms with van der Waals surface area (Å²) in [5.74, 6) is 0.705. The maximum Gasteiger partial charge on any atom is 0.162 e. The second-order valence-corrected chi connectivity index (χ2v) is 10.3. The zero-order valence-electron chi connectivity index (χ0n) is 25.2. The largest absolute Gasteiger partial charge is 0.320 e. The minimum Gasteiger partial charge on any atom is -0.320 e. The van der Waals surface area contributed by atoms with Crippen LogP contribution < -0.4 is 0 Å². The summed E-state index contributed by atoms with van der Waals surface area (Å²) >= 11 is 0. The Balaban J connectivity index is 1.21. The van der Waals surface area contributed by atoms with Crippen molar-refractivity contribution in [1.29, 1.82) is 0 Å². The van der Waals surface area contributed by atoms with Crippen LogP contribution in [0, 0.1) is 0 Å². The van der Waals surface area contributed by atoms with Gasteiger partial charge < -0.3 is 13.7 Å². The fourth-order valence-corrected chi connectivity index (χ4v) is 5.64. The molecule has 6 heteroatoms. The van der Waals surface area contributed by atoms with Gasteiger partial charge in [0, 0.05) is 52.5 Å². The van der Waals surface area contributed by atoms with E-state index in [1.807, 2.05) is 96.7 Å². The second-order valence-electron chi connectivity index (χ2n) is 10.3. The molecule has 6 rings (SSSR count). The molecule has 220 valence electrons. The molecule has 0 saturated carbocycles. The third-order valence-electron chi connectivity index (χ3n) is 7.60. The summed E-state index contributed by atoms with van der Waals surface area (Å²) in [4.78, 5) is 13.5. The van der Waals surface area contributed by atoms with E-state index in [2.05, 4.69) is 93.2 Å². The van der Waals surface area contributed by atoms with Crippen LogP contribution in [-0.2, 0) is 6.67 Å². The number of aromatic nitrogens is 3. The lowest BCUT2D eigenvalue weighted by Crippen LogP contribution is -1.99. The van der Waals surface area contributed by atoms with Crippen molar-refractivity contribution in [3.63, 3.8) is 0 Å². The SMILES string of the molecule is C=Cc1c(/C=C\C)n(C/N=C/C=C/C=C\C=Nc2ccn(-c3ccccc3)c2N=C)c2c1ccc1c2ccn1-c1ccccc1. The minimum atomic E-state index is 0.477. The molecule has 6 nitrogen and oxygen atoms in total. The van der Waals surface area contributed by atoms with Crippen LogP contribution >= 0.6 is 0 Å². The average Bonchev–Trinajstić information content (AvgIpc) is 3.78. The topological polar surface area (TPSA) is 51.9 Å². The highest BCUT2D eigenvalue weighted by molar-refractivity contribution is 6.10. The van der Waals surface area contributed by atoms with Crippen LogP contribution in [0.5, 0.6) is 0 Å². The van der Waals surface area contributed by atoms with Gasteiger partial charge in [0.15, 0.2) is 5.82 Å². The molecule has 45 heavy (non-hydrogen) atoms. The molecule has 3 heterocycles. The van der Waals surface area contributed by atoms with Gasteiger partial charge in [0.2, 0.25) is 0 Å². The molecule has 0 aliphatic heterocycles. The van der Waals surface area contributed by atoms with E-state index in [1.54, 1.807) is 6.21 Å². The first-order chi connectivity index (χ1) is 22.2. The van der Waals surface area contributed by atoms with E-state index in [4.69, 9.17) is 4.99 Å². The van der Waals surface area contributed by atoms with Gasteiger partial charge in [0.1, 0.15) is 12.4 Å². The molecule has 0 radical (unpaired) electrons. The van der Waals surface area contributed by atoms with Gasteiger partial charge in [-0.15, -0.1) is 0 Å². The lowest BCUT2D eigenvalue weighted by molar-refractivity contribution is 0.764. The molecule has 0 unspecified atom stereocenters. The predicted molar refractivity (Wildman–Crippen MR) is 193 cm³/mol. The molecule has 0 spiro atoms. The van der Waals surface area contributed by atoms with Crippen LogP contribution in [0.1, 0.15) is 18.2 Å².